The fourth-order valence-electron chi connectivity index (χ4n) is 4.27. The number of hydrogen-bond acceptors (Lipinski definition) is 7. The van der Waals surface area contributed by atoms with Crippen molar-refractivity contribution < 1.29 is 14.7 Å². The number of piperidine rings is 1. The highest BCUT2D eigenvalue weighted by Crippen LogP contribution is 2.39. The topological polar surface area (TPSA) is 89.9 Å². The average Bonchev–Trinajstić information content (AvgIpc) is 3.23. The van der Waals surface area contributed by atoms with E-state index in [1.807, 2.05) is 25.3 Å². The molecule has 3 amide bonds. The minimum Gasteiger partial charge on any atom is -0.395 e. The van der Waals surface area contributed by atoms with Crippen molar-refractivity contribution in [3.05, 3.63) is 17.8 Å². The number of β-amino-alcohol motifs (C(OH)–C–C–N with tert-alkyl or cyclic N) is 1. The summed E-state index contributed by atoms with van der Waals surface area (Å²) in [7, 11) is 0. The lowest BCUT2D eigenvalue weighted by Gasteiger charge is -2.43. The standard InChI is InChI=1S/C19H25N5O3S/c1-13(2)11-24-18(27)23(8-9-25)17(26)19(24)4-6-22(7-5-19)16-15-14(3-10-28-15)20-12-21-16/h3,10,12-13,25H,4-9,11H2,1-2H3. The van der Waals surface area contributed by atoms with E-state index >= 15 is 0 Å². The molecule has 0 radical (unpaired) electrons. The summed E-state index contributed by atoms with van der Waals surface area (Å²) in [6.07, 6.45) is 2.69. The van der Waals surface area contributed by atoms with Crippen LogP contribution in [0.2, 0.25) is 0 Å². The van der Waals surface area contributed by atoms with Crippen molar-refractivity contribution in [1.29, 1.82) is 0 Å². The first-order valence-electron chi connectivity index (χ1n) is 9.65. The Balaban J connectivity index is 1.61. The van der Waals surface area contributed by atoms with Crippen LogP contribution in [0, 0.1) is 5.92 Å². The van der Waals surface area contributed by atoms with Crippen molar-refractivity contribution in [3.63, 3.8) is 0 Å². The molecule has 1 N–H and O–H groups in total. The monoisotopic (exact) mass is 403 g/mol. The first kappa shape index (κ1) is 19.1. The number of carbonyl (C=O) groups is 2. The summed E-state index contributed by atoms with van der Waals surface area (Å²) in [6, 6.07) is 1.70. The Morgan fingerprint density at radius 1 is 1.25 bits per heavy atom. The van der Waals surface area contributed by atoms with Gasteiger partial charge in [0.15, 0.2) is 0 Å². The van der Waals surface area contributed by atoms with Gasteiger partial charge in [0.05, 0.1) is 23.4 Å². The van der Waals surface area contributed by atoms with E-state index in [0.29, 0.717) is 32.5 Å². The summed E-state index contributed by atoms with van der Waals surface area (Å²) in [5.41, 5.74) is 0.118. The summed E-state index contributed by atoms with van der Waals surface area (Å²) in [6.45, 7) is 5.75. The van der Waals surface area contributed by atoms with Crippen molar-refractivity contribution in [3.8, 4) is 0 Å². The van der Waals surface area contributed by atoms with Crippen molar-refractivity contribution in [2.24, 2.45) is 5.92 Å². The van der Waals surface area contributed by atoms with Gasteiger partial charge >= 0.3 is 6.03 Å². The Labute approximate surface area is 167 Å². The molecular formula is C19H25N5O3S. The highest BCUT2D eigenvalue weighted by atomic mass is 32.1. The van der Waals surface area contributed by atoms with Crippen molar-refractivity contribution >= 4 is 39.3 Å². The van der Waals surface area contributed by atoms with E-state index in [0.717, 1.165) is 16.0 Å². The predicted molar refractivity (Wildman–Crippen MR) is 107 cm³/mol. The van der Waals surface area contributed by atoms with Gasteiger partial charge in [0.2, 0.25) is 0 Å². The fourth-order valence-corrected chi connectivity index (χ4v) is 5.13. The quantitative estimate of drug-likeness (QED) is 0.768. The van der Waals surface area contributed by atoms with Crippen molar-refractivity contribution in [2.45, 2.75) is 32.2 Å². The van der Waals surface area contributed by atoms with Crippen LogP contribution in [-0.4, -0.2) is 75.1 Å². The van der Waals surface area contributed by atoms with Gasteiger partial charge in [0, 0.05) is 19.6 Å². The molecule has 0 bridgehead atoms. The summed E-state index contributed by atoms with van der Waals surface area (Å²) in [5.74, 6) is 0.985. The van der Waals surface area contributed by atoms with Crippen LogP contribution in [-0.2, 0) is 4.79 Å². The molecule has 4 heterocycles. The zero-order chi connectivity index (χ0) is 19.9. The molecule has 2 aliphatic heterocycles. The van der Waals surface area contributed by atoms with Crippen LogP contribution < -0.4 is 4.90 Å². The molecule has 9 heteroatoms. The van der Waals surface area contributed by atoms with Crippen LogP contribution in [0.1, 0.15) is 26.7 Å². The number of fused-ring (bicyclic) bond motifs is 1. The normalized spacial score (nSPS) is 19.6. The van der Waals surface area contributed by atoms with E-state index in [2.05, 4.69) is 14.9 Å². The minimum atomic E-state index is -0.811. The largest absolute Gasteiger partial charge is 0.395 e. The smallest absolute Gasteiger partial charge is 0.327 e. The van der Waals surface area contributed by atoms with Gasteiger partial charge in [-0.1, -0.05) is 13.8 Å². The third kappa shape index (κ3) is 2.93. The van der Waals surface area contributed by atoms with E-state index in [4.69, 9.17) is 0 Å². The van der Waals surface area contributed by atoms with E-state index in [9.17, 15) is 14.7 Å². The van der Waals surface area contributed by atoms with Gasteiger partial charge in [-0.3, -0.25) is 9.69 Å². The molecule has 2 fully saturated rings. The molecule has 0 aromatic carbocycles. The number of hydrogen-bond donors (Lipinski definition) is 1. The first-order chi connectivity index (χ1) is 13.5. The lowest BCUT2D eigenvalue weighted by Crippen LogP contribution is -2.57. The number of aliphatic hydroxyl groups excluding tert-OH is 1. The number of nitrogens with zero attached hydrogens (tertiary/aromatic N) is 5. The van der Waals surface area contributed by atoms with E-state index in [-0.39, 0.29) is 31.0 Å². The molecule has 8 nitrogen and oxygen atoms in total. The summed E-state index contributed by atoms with van der Waals surface area (Å²) >= 11 is 1.61. The van der Waals surface area contributed by atoms with Gasteiger partial charge in [0.1, 0.15) is 17.7 Å². The van der Waals surface area contributed by atoms with Crippen LogP contribution in [0.15, 0.2) is 17.8 Å². The lowest BCUT2D eigenvalue weighted by atomic mass is 9.85. The van der Waals surface area contributed by atoms with Crippen LogP contribution >= 0.6 is 11.3 Å². The summed E-state index contributed by atoms with van der Waals surface area (Å²) < 4.78 is 1.05. The Morgan fingerprint density at radius 2 is 2.00 bits per heavy atom. The zero-order valence-corrected chi connectivity index (χ0v) is 17.0. The van der Waals surface area contributed by atoms with Gasteiger partial charge in [-0.05, 0) is 30.2 Å². The third-order valence-corrected chi connectivity index (χ3v) is 6.51. The van der Waals surface area contributed by atoms with Crippen LogP contribution in [0.4, 0.5) is 10.6 Å². The summed E-state index contributed by atoms with van der Waals surface area (Å²) in [5, 5.41) is 11.3. The maximum Gasteiger partial charge on any atom is 0.327 e. The number of aliphatic hydroxyl groups is 1. The van der Waals surface area contributed by atoms with Gasteiger partial charge in [-0.2, -0.15) is 0 Å². The highest BCUT2D eigenvalue weighted by Gasteiger charge is 2.57. The number of carbonyl (C=O) groups excluding carboxylic acids is 2. The molecule has 2 saturated heterocycles. The number of thiophene rings is 1. The number of rotatable bonds is 5. The molecule has 0 unspecified atom stereocenters. The SMILES string of the molecule is CC(C)CN1C(=O)N(CCO)C(=O)C12CCN(c1ncnc3ccsc13)CC2. The Morgan fingerprint density at radius 3 is 2.68 bits per heavy atom. The third-order valence-electron chi connectivity index (χ3n) is 5.61. The number of imide groups is 1. The van der Waals surface area contributed by atoms with Gasteiger partial charge < -0.3 is 14.9 Å². The molecule has 2 aromatic rings. The second kappa shape index (κ2) is 7.29. The maximum absolute atomic E-state index is 13.2. The second-order valence-electron chi connectivity index (χ2n) is 7.82. The van der Waals surface area contributed by atoms with Gasteiger partial charge in [-0.15, -0.1) is 11.3 Å². The van der Waals surface area contributed by atoms with Crippen molar-refractivity contribution in [2.75, 3.05) is 37.7 Å². The van der Waals surface area contributed by atoms with E-state index in [1.54, 1.807) is 22.6 Å². The van der Waals surface area contributed by atoms with Gasteiger partial charge in [-0.25, -0.2) is 14.8 Å². The van der Waals surface area contributed by atoms with Crippen LogP contribution in [0.5, 0.6) is 0 Å². The molecule has 0 atom stereocenters. The lowest BCUT2D eigenvalue weighted by molar-refractivity contribution is -0.134. The molecule has 28 heavy (non-hydrogen) atoms. The molecule has 0 aliphatic carbocycles. The summed E-state index contributed by atoms with van der Waals surface area (Å²) in [4.78, 5) is 40.0. The van der Waals surface area contributed by atoms with E-state index < -0.39 is 5.54 Å². The number of anilines is 1. The maximum atomic E-state index is 13.2. The van der Waals surface area contributed by atoms with Crippen LogP contribution in [0.25, 0.3) is 10.2 Å². The molecule has 150 valence electrons. The fraction of sp³-hybridized carbons (Fsp3) is 0.579. The number of amides is 3. The number of aromatic nitrogens is 2. The Bertz CT molecular complexity index is 891. The van der Waals surface area contributed by atoms with E-state index in [1.165, 1.54) is 4.90 Å². The second-order valence-corrected chi connectivity index (χ2v) is 8.73. The Hall–Kier alpha value is -2.26. The minimum absolute atomic E-state index is 0.0550. The average molecular weight is 404 g/mol. The first-order valence-corrected chi connectivity index (χ1v) is 10.5. The molecule has 0 saturated carbocycles. The number of urea groups is 1. The molecule has 4 rings (SSSR count). The van der Waals surface area contributed by atoms with Crippen molar-refractivity contribution in [1.82, 2.24) is 19.8 Å². The van der Waals surface area contributed by atoms with Gasteiger partial charge in [0.25, 0.3) is 5.91 Å². The molecule has 2 aliphatic rings. The zero-order valence-electron chi connectivity index (χ0n) is 16.2. The molecule has 1 spiro atoms. The Kier molecular flexibility index (Phi) is 4.96. The van der Waals surface area contributed by atoms with Crippen LogP contribution in [0.3, 0.4) is 0 Å². The predicted octanol–water partition coefficient (Wildman–Crippen LogP) is 1.94. The molecular weight excluding hydrogens is 378 g/mol. The highest BCUT2D eigenvalue weighted by molar-refractivity contribution is 7.17. The molecule has 2 aromatic heterocycles.